The van der Waals surface area contributed by atoms with Crippen LogP contribution in [0.3, 0.4) is 0 Å². The van der Waals surface area contributed by atoms with E-state index in [1.165, 1.54) is 26.0 Å². The number of ether oxygens (including phenoxy) is 3. The minimum absolute atomic E-state index is 0.00655. The van der Waals surface area contributed by atoms with Crippen LogP contribution in [0.2, 0.25) is 0 Å². The first kappa shape index (κ1) is 32.8. The number of benzene rings is 2. The second kappa shape index (κ2) is 15.1. The second-order valence-electron chi connectivity index (χ2n) is 8.17. The summed E-state index contributed by atoms with van der Waals surface area (Å²) in [6, 6.07) is 4.90. The van der Waals surface area contributed by atoms with Crippen molar-refractivity contribution in [3.05, 3.63) is 68.7 Å². The van der Waals surface area contributed by atoms with E-state index in [9.17, 15) is 31.9 Å². The Morgan fingerprint density at radius 2 is 1.25 bits per heavy atom. The lowest BCUT2D eigenvalue weighted by molar-refractivity contribution is -0.143. The number of aryl methyl sites for hydroxylation is 1. The average Bonchev–Trinajstić information content (AvgIpc) is 2.70. The quantitative estimate of drug-likeness (QED) is 0.205. The van der Waals surface area contributed by atoms with Crippen molar-refractivity contribution in [3.63, 3.8) is 0 Å². The van der Waals surface area contributed by atoms with Crippen LogP contribution in [0, 0.1) is 30.2 Å². The number of primary amides is 1. The molecule has 0 fully saturated rings. The first-order valence-electron chi connectivity index (χ1n) is 10.3. The van der Waals surface area contributed by atoms with Crippen LogP contribution in [-0.2, 0) is 37.0 Å². The third kappa shape index (κ3) is 14.3. The van der Waals surface area contributed by atoms with Gasteiger partial charge in [-0.05, 0) is 57.5 Å². The highest BCUT2D eigenvalue weighted by Gasteiger charge is 2.13. The van der Waals surface area contributed by atoms with Crippen LogP contribution in [0.4, 0.5) is 22.4 Å². The molecular weight excluding hydrogens is 554 g/mol. The normalized spacial score (nSPS) is 10.2. The van der Waals surface area contributed by atoms with Crippen molar-refractivity contribution in [2.75, 3.05) is 0 Å². The van der Waals surface area contributed by atoms with Crippen LogP contribution in [0.1, 0.15) is 51.3 Å². The minimum atomic E-state index is -0.991. The van der Waals surface area contributed by atoms with E-state index in [1.807, 2.05) is 0 Å². The zero-order chi connectivity index (χ0) is 28.2. The van der Waals surface area contributed by atoms with Gasteiger partial charge in [-0.3, -0.25) is 9.59 Å². The zero-order valence-corrected chi connectivity index (χ0v) is 22.2. The standard InChI is InChI=1S/C10H10F2O2.C9H7BrF2O2.C5H11NO2/c1-6-3-8(5-14-7(2)13)10(12)9(11)4-6;1-5(13)14-4-6-2-7(10)3-8(11)9(6)12;1-5(2,3)8-4(6)7/h3-4H,5H2,1-2H3;2-3H,4H2,1H3;1-3H3,(H2,6,7). The number of hydrogen-bond acceptors (Lipinski definition) is 6. The molecule has 2 aromatic carbocycles. The Bertz CT molecular complexity index is 1000. The minimum Gasteiger partial charge on any atom is -0.461 e. The summed E-state index contributed by atoms with van der Waals surface area (Å²) >= 11 is 3.01. The third-order valence-electron chi connectivity index (χ3n) is 3.58. The first-order valence-corrected chi connectivity index (χ1v) is 11.0. The van der Waals surface area contributed by atoms with Crippen molar-refractivity contribution in [1.82, 2.24) is 0 Å². The molecule has 0 radical (unpaired) electrons. The van der Waals surface area contributed by atoms with Gasteiger partial charge < -0.3 is 19.9 Å². The van der Waals surface area contributed by atoms with Gasteiger partial charge in [-0.1, -0.05) is 15.9 Å². The fourth-order valence-corrected chi connectivity index (χ4v) is 2.75. The first-order chi connectivity index (χ1) is 16.4. The molecule has 0 heterocycles. The molecule has 0 unspecified atom stereocenters. The molecule has 0 atom stereocenters. The third-order valence-corrected chi connectivity index (χ3v) is 4.04. The predicted octanol–water partition coefficient (Wildman–Crippen LogP) is 6.01. The summed E-state index contributed by atoms with van der Waals surface area (Å²) in [4.78, 5) is 30.9. The molecule has 36 heavy (non-hydrogen) atoms. The Morgan fingerprint density at radius 1 is 0.833 bits per heavy atom. The summed E-state index contributed by atoms with van der Waals surface area (Å²) < 4.78 is 65.9. The molecule has 0 spiro atoms. The Kier molecular flexibility index (Phi) is 13.8. The van der Waals surface area contributed by atoms with Crippen LogP contribution >= 0.6 is 15.9 Å². The van der Waals surface area contributed by atoms with Crippen molar-refractivity contribution in [3.8, 4) is 0 Å². The number of esters is 2. The van der Waals surface area contributed by atoms with Gasteiger partial charge in [0.05, 0.1) is 0 Å². The fraction of sp³-hybridized carbons (Fsp3) is 0.375. The SMILES string of the molecule is CC(=O)OCc1cc(Br)cc(F)c1F.CC(=O)OCc1cc(C)cc(F)c1F.CC(C)(C)OC(N)=O. The van der Waals surface area contributed by atoms with E-state index in [0.29, 0.717) is 10.0 Å². The van der Waals surface area contributed by atoms with Gasteiger partial charge in [0.25, 0.3) is 0 Å². The molecule has 7 nitrogen and oxygen atoms in total. The molecule has 0 aromatic heterocycles. The second-order valence-corrected chi connectivity index (χ2v) is 9.09. The predicted molar refractivity (Wildman–Crippen MR) is 127 cm³/mol. The average molecular weight is 582 g/mol. The van der Waals surface area contributed by atoms with E-state index in [-0.39, 0.29) is 24.3 Å². The summed E-state index contributed by atoms with van der Waals surface area (Å²) in [6.07, 6.45) is -0.725. The molecule has 0 saturated carbocycles. The smallest absolute Gasteiger partial charge is 0.405 e. The van der Waals surface area contributed by atoms with Crippen molar-refractivity contribution in [2.24, 2.45) is 5.73 Å². The van der Waals surface area contributed by atoms with E-state index in [0.717, 1.165) is 12.1 Å². The van der Waals surface area contributed by atoms with Crippen LogP contribution in [0.5, 0.6) is 0 Å². The van der Waals surface area contributed by atoms with Gasteiger partial charge in [0.1, 0.15) is 18.8 Å². The topological polar surface area (TPSA) is 105 Å². The lowest BCUT2D eigenvalue weighted by Gasteiger charge is -2.16. The summed E-state index contributed by atoms with van der Waals surface area (Å²) in [5.74, 6) is -4.91. The lowest BCUT2D eigenvalue weighted by atomic mass is 10.1. The lowest BCUT2D eigenvalue weighted by Crippen LogP contribution is -2.27. The molecule has 1 amide bonds. The Balaban J connectivity index is 0.000000533. The molecule has 2 rings (SSSR count). The summed E-state index contributed by atoms with van der Waals surface area (Å²) in [6.45, 7) is 8.83. The summed E-state index contributed by atoms with van der Waals surface area (Å²) in [7, 11) is 0. The Labute approximate surface area is 215 Å². The van der Waals surface area contributed by atoms with Gasteiger partial charge in [0, 0.05) is 29.4 Å². The number of nitrogens with two attached hydrogens (primary N) is 1. The number of hydrogen-bond donors (Lipinski definition) is 1. The maximum atomic E-state index is 13.1. The van der Waals surface area contributed by atoms with E-state index in [4.69, 9.17) is 5.73 Å². The number of carbonyl (C=O) groups is 3. The number of rotatable bonds is 4. The molecule has 0 bridgehead atoms. The maximum Gasteiger partial charge on any atom is 0.405 e. The van der Waals surface area contributed by atoms with E-state index in [2.05, 4.69) is 30.1 Å². The molecule has 2 N–H and O–H groups in total. The van der Waals surface area contributed by atoms with Crippen molar-refractivity contribution >= 4 is 34.0 Å². The largest absolute Gasteiger partial charge is 0.461 e. The molecule has 12 heteroatoms. The monoisotopic (exact) mass is 581 g/mol. The fourth-order valence-electron chi connectivity index (χ4n) is 2.28. The maximum absolute atomic E-state index is 13.1. The zero-order valence-electron chi connectivity index (χ0n) is 20.6. The van der Waals surface area contributed by atoms with E-state index in [1.54, 1.807) is 27.7 Å². The highest BCUT2D eigenvalue weighted by Crippen LogP contribution is 2.20. The van der Waals surface area contributed by atoms with Gasteiger partial charge in [-0.15, -0.1) is 0 Å². The highest BCUT2D eigenvalue weighted by molar-refractivity contribution is 9.10. The van der Waals surface area contributed by atoms with Crippen molar-refractivity contribution in [2.45, 2.75) is 60.4 Å². The van der Waals surface area contributed by atoms with Crippen LogP contribution in [-0.4, -0.2) is 23.6 Å². The molecule has 0 aliphatic rings. The van der Waals surface area contributed by atoms with Gasteiger partial charge >= 0.3 is 18.0 Å². The van der Waals surface area contributed by atoms with Gasteiger partial charge in [0.2, 0.25) is 0 Å². The molecule has 0 aliphatic heterocycles. The van der Waals surface area contributed by atoms with Gasteiger partial charge in [0.15, 0.2) is 23.3 Å². The molecule has 200 valence electrons. The van der Waals surface area contributed by atoms with Crippen LogP contribution < -0.4 is 5.73 Å². The van der Waals surface area contributed by atoms with Crippen LogP contribution in [0.15, 0.2) is 28.7 Å². The number of carbonyl (C=O) groups excluding carboxylic acids is 3. The van der Waals surface area contributed by atoms with Crippen molar-refractivity contribution in [1.29, 1.82) is 0 Å². The molecular formula is C24H28BrF4NO6. The molecule has 0 aliphatic carbocycles. The van der Waals surface area contributed by atoms with Crippen molar-refractivity contribution < 1.29 is 46.2 Å². The highest BCUT2D eigenvalue weighted by atomic mass is 79.9. The number of amides is 1. The molecule has 2 aromatic rings. The summed E-state index contributed by atoms with van der Waals surface area (Å²) in [5, 5.41) is 0. The summed E-state index contributed by atoms with van der Waals surface area (Å²) in [5.41, 5.74) is 4.91. The Hall–Kier alpha value is -3.15. The van der Waals surface area contributed by atoms with Gasteiger partial charge in [-0.25, -0.2) is 22.4 Å². The molecule has 0 saturated heterocycles. The van der Waals surface area contributed by atoms with Crippen LogP contribution in [0.25, 0.3) is 0 Å². The Morgan fingerprint density at radius 3 is 1.61 bits per heavy atom. The number of halogens is 5. The van der Waals surface area contributed by atoms with Gasteiger partial charge in [-0.2, -0.15) is 0 Å². The van der Waals surface area contributed by atoms with E-state index < -0.39 is 46.9 Å². The van der Waals surface area contributed by atoms with E-state index >= 15 is 0 Å².